The average Bonchev–Trinajstić information content (AvgIpc) is 3.38. The van der Waals surface area contributed by atoms with Gasteiger partial charge < -0.3 is 5.32 Å². The molecule has 0 saturated heterocycles. The van der Waals surface area contributed by atoms with Gasteiger partial charge in [-0.3, -0.25) is 9.48 Å². The fraction of sp³-hybridized carbons (Fsp3) is 0.667. The standard InChI is InChI=1S/C24H31BrClN3OS/c1-24(2)16-7-6-14(18(24)12-16)13-27-23(30)20-17-10-15-11-19(25)31-22(15)21(17)29(28-20)9-5-3-4-8-26/h11,14,16,18H,3-10,12-13H2,1-2H3,(H,27,30). The number of carbonyl (C=O) groups excluding carboxylic acids is 1. The summed E-state index contributed by atoms with van der Waals surface area (Å²) in [7, 11) is 0. The van der Waals surface area contributed by atoms with Crippen molar-refractivity contribution in [1.29, 1.82) is 0 Å². The van der Waals surface area contributed by atoms with E-state index in [1.807, 2.05) is 0 Å². The zero-order chi connectivity index (χ0) is 21.8. The van der Waals surface area contributed by atoms with E-state index in [1.54, 1.807) is 11.3 Å². The number of nitrogens with zero attached hydrogens (tertiary/aromatic N) is 2. The Morgan fingerprint density at radius 3 is 2.94 bits per heavy atom. The van der Waals surface area contributed by atoms with Crippen molar-refractivity contribution in [2.75, 3.05) is 12.4 Å². The number of thiophene rings is 1. The van der Waals surface area contributed by atoms with Gasteiger partial charge in [0.25, 0.3) is 5.91 Å². The van der Waals surface area contributed by atoms with E-state index in [0.717, 1.165) is 65.7 Å². The van der Waals surface area contributed by atoms with Crippen LogP contribution in [0.1, 0.15) is 74.0 Å². The van der Waals surface area contributed by atoms with E-state index >= 15 is 0 Å². The zero-order valence-corrected chi connectivity index (χ0v) is 21.5. The summed E-state index contributed by atoms with van der Waals surface area (Å²) in [6, 6.07) is 2.19. The third-order valence-electron chi connectivity index (χ3n) is 8.16. The molecule has 2 heterocycles. The topological polar surface area (TPSA) is 46.9 Å². The highest BCUT2D eigenvalue weighted by Gasteiger charge is 2.54. The van der Waals surface area contributed by atoms with Crippen LogP contribution in [0.2, 0.25) is 0 Å². The van der Waals surface area contributed by atoms with Crippen LogP contribution >= 0.6 is 38.9 Å². The van der Waals surface area contributed by atoms with Gasteiger partial charge in [0, 0.05) is 31.0 Å². The Bertz CT molecular complexity index is 995. The van der Waals surface area contributed by atoms with E-state index < -0.39 is 0 Å². The molecule has 0 spiro atoms. The Morgan fingerprint density at radius 2 is 2.19 bits per heavy atom. The number of rotatable bonds is 8. The first kappa shape index (κ1) is 22.0. The summed E-state index contributed by atoms with van der Waals surface area (Å²) in [6.07, 6.45) is 7.84. The van der Waals surface area contributed by atoms with E-state index in [4.69, 9.17) is 16.7 Å². The Labute approximate surface area is 202 Å². The summed E-state index contributed by atoms with van der Waals surface area (Å²) >= 11 is 11.2. The molecule has 1 N–H and O–H groups in total. The van der Waals surface area contributed by atoms with Gasteiger partial charge in [-0.2, -0.15) is 5.10 Å². The van der Waals surface area contributed by atoms with Crippen LogP contribution in [-0.2, 0) is 13.0 Å². The smallest absolute Gasteiger partial charge is 0.272 e. The van der Waals surface area contributed by atoms with E-state index in [-0.39, 0.29) is 5.91 Å². The van der Waals surface area contributed by atoms with Crippen LogP contribution < -0.4 is 5.32 Å². The minimum absolute atomic E-state index is 0.00392. The molecule has 1 amide bonds. The van der Waals surface area contributed by atoms with Gasteiger partial charge in [-0.15, -0.1) is 22.9 Å². The Kier molecular flexibility index (Phi) is 6.02. The first-order valence-corrected chi connectivity index (χ1v) is 13.8. The minimum atomic E-state index is 0.00392. The number of unbranched alkanes of at least 4 members (excludes halogenated alkanes) is 2. The molecule has 0 aliphatic heterocycles. The largest absolute Gasteiger partial charge is 0.350 e. The highest BCUT2D eigenvalue weighted by molar-refractivity contribution is 9.11. The van der Waals surface area contributed by atoms with Gasteiger partial charge >= 0.3 is 0 Å². The number of amides is 1. The molecule has 2 bridgehead atoms. The van der Waals surface area contributed by atoms with Crippen molar-refractivity contribution in [2.24, 2.45) is 23.2 Å². The van der Waals surface area contributed by atoms with Crippen LogP contribution in [0.3, 0.4) is 0 Å². The lowest BCUT2D eigenvalue weighted by Gasteiger charge is -2.60. The normalized spacial score (nSPS) is 25.1. The number of carbonyl (C=O) groups is 1. The van der Waals surface area contributed by atoms with Gasteiger partial charge in [-0.25, -0.2) is 0 Å². The van der Waals surface area contributed by atoms with Crippen molar-refractivity contribution in [3.8, 4) is 10.6 Å². The molecule has 4 aliphatic carbocycles. The average molecular weight is 525 g/mol. The molecule has 0 aromatic carbocycles. The van der Waals surface area contributed by atoms with E-state index in [1.165, 1.54) is 29.7 Å². The van der Waals surface area contributed by atoms with E-state index in [2.05, 4.69) is 45.8 Å². The molecule has 6 rings (SSSR count). The highest BCUT2D eigenvalue weighted by atomic mass is 79.9. The molecule has 3 unspecified atom stereocenters. The molecule has 2 aromatic rings. The number of aromatic nitrogens is 2. The lowest BCUT2D eigenvalue weighted by Crippen LogP contribution is -2.54. The van der Waals surface area contributed by atoms with Gasteiger partial charge in [-0.1, -0.05) is 20.3 Å². The molecular weight excluding hydrogens is 494 g/mol. The second kappa shape index (κ2) is 8.49. The van der Waals surface area contributed by atoms with Crippen LogP contribution in [0.25, 0.3) is 10.6 Å². The fourth-order valence-corrected chi connectivity index (χ4v) is 8.16. The summed E-state index contributed by atoms with van der Waals surface area (Å²) in [5.74, 6) is 2.95. The number of halogens is 2. The summed E-state index contributed by atoms with van der Waals surface area (Å²) < 4.78 is 3.22. The lowest BCUT2D eigenvalue weighted by atomic mass is 9.45. The molecule has 0 radical (unpaired) electrons. The molecule has 3 atom stereocenters. The predicted octanol–water partition coefficient (Wildman–Crippen LogP) is 6.49. The number of fused-ring (bicyclic) bond motifs is 5. The second-order valence-electron chi connectivity index (χ2n) is 10.1. The van der Waals surface area contributed by atoms with Gasteiger partial charge in [-0.05, 0) is 82.8 Å². The monoisotopic (exact) mass is 523 g/mol. The maximum atomic E-state index is 13.2. The van der Waals surface area contributed by atoms with Crippen LogP contribution in [0.15, 0.2) is 9.85 Å². The highest BCUT2D eigenvalue weighted by Crippen LogP contribution is 2.61. The Balaban J connectivity index is 1.33. The van der Waals surface area contributed by atoms with Crippen LogP contribution in [0.4, 0.5) is 0 Å². The molecule has 4 aliphatic rings. The van der Waals surface area contributed by atoms with E-state index in [9.17, 15) is 4.79 Å². The van der Waals surface area contributed by atoms with Crippen molar-refractivity contribution >= 4 is 44.8 Å². The minimum Gasteiger partial charge on any atom is -0.350 e. The van der Waals surface area contributed by atoms with Crippen LogP contribution in [0.5, 0.6) is 0 Å². The van der Waals surface area contributed by atoms with Gasteiger partial charge in [0.15, 0.2) is 5.69 Å². The Hall–Kier alpha value is -0.850. The number of hydrogen-bond acceptors (Lipinski definition) is 3. The third-order valence-corrected chi connectivity index (χ3v) is 10.1. The Morgan fingerprint density at radius 1 is 1.35 bits per heavy atom. The first-order valence-electron chi connectivity index (χ1n) is 11.6. The van der Waals surface area contributed by atoms with Crippen molar-refractivity contribution in [1.82, 2.24) is 15.1 Å². The summed E-state index contributed by atoms with van der Waals surface area (Å²) in [5.41, 5.74) is 4.65. The predicted molar refractivity (Wildman–Crippen MR) is 131 cm³/mol. The van der Waals surface area contributed by atoms with Crippen LogP contribution in [0, 0.1) is 23.2 Å². The van der Waals surface area contributed by atoms with Crippen molar-refractivity contribution in [3.63, 3.8) is 0 Å². The second-order valence-corrected chi connectivity index (χ2v) is 12.9. The maximum Gasteiger partial charge on any atom is 0.272 e. The van der Waals surface area contributed by atoms with Crippen molar-refractivity contribution < 1.29 is 4.79 Å². The van der Waals surface area contributed by atoms with Gasteiger partial charge in [0.2, 0.25) is 0 Å². The molecule has 3 saturated carbocycles. The number of hydrogen-bond donors (Lipinski definition) is 1. The van der Waals surface area contributed by atoms with Gasteiger partial charge in [0.1, 0.15) is 0 Å². The lowest BCUT2D eigenvalue weighted by molar-refractivity contribution is -0.103. The van der Waals surface area contributed by atoms with Crippen molar-refractivity contribution in [3.05, 3.63) is 26.7 Å². The molecule has 31 heavy (non-hydrogen) atoms. The molecule has 168 valence electrons. The first-order chi connectivity index (χ1) is 14.9. The van der Waals surface area contributed by atoms with Crippen molar-refractivity contribution in [2.45, 2.75) is 65.3 Å². The molecule has 4 nitrogen and oxygen atoms in total. The van der Waals surface area contributed by atoms with Crippen LogP contribution in [-0.4, -0.2) is 28.1 Å². The summed E-state index contributed by atoms with van der Waals surface area (Å²) in [6.45, 7) is 6.44. The summed E-state index contributed by atoms with van der Waals surface area (Å²) in [4.78, 5) is 14.5. The molecule has 7 heteroatoms. The SMILES string of the molecule is CC1(C)C2CCC(CNC(=O)c3nn(CCCCCCl)c4c3Cc3cc(Br)sc3-4)C1C2. The maximum absolute atomic E-state index is 13.2. The molecular formula is C24H31BrClN3OS. The molecule has 2 aromatic heterocycles. The zero-order valence-electron chi connectivity index (χ0n) is 18.3. The fourth-order valence-electron chi connectivity index (χ4n) is 6.23. The number of nitrogens with one attached hydrogen (secondary N) is 1. The summed E-state index contributed by atoms with van der Waals surface area (Å²) in [5, 5.41) is 8.09. The van der Waals surface area contributed by atoms with Gasteiger partial charge in [0.05, 0.1) is 14.4 Å². The number of alkyl halides is 1. The quantitative estimate of drug-likeness (QED) is 0.270. The van der Waals surface area contributed by atoms with E-state index in [0.29, 0.717) is 22.9 Å². The molecule has 3 fully saturated rings. The number of aryl methyl sites for hydroxylation is 1. The third kappa shape index (κ3) is 3.80.